The summed E-state index contributed by atoms with van der Waals surface area (Å²) in [6, 6.07) is 3.49. The van der Waals surface area contributed by atoms with E-state index in [0.29, 0.717) is 23.8 Å². The van der Waals surface area contributed by atoms with Gasteiger partial charge in [0.1, 0.15) is 11.6 Å². The molecule has 1 fully saturated rings. The first-order valence-corrected chi connectivity index (χ1v) is 6.82. The van der Waals surface area contributed by atoms with Crippen LogP contribution in [0.4, 0.5) is 4.39 Å². The number of alkyl halides is 1. The van der Waals surface area contributed by atoms with Crippen LogP contribution in [0.5, 0.6) is 5.75 Å². The Morgan fingerprint density at radius 1 is 1.56 bits per heavy atom. The number of amides is 1. The Balaban J connectivity index is 2.16. The number of carbonyl (C=O) groups is 1. The van der Waals surface area contributed by atoms with Gasteiger partial charge in [-0.2, -0.15) is 0 Å². The van der Waals surface area contributed by atoms with Crippen LogP contribution in [-0.2, 0) is 0 Å². The Morgan fingerprint density at radius 2 is 2.28 bits per heavy atom. The molecular formula is C13H15BrFNO2. The van der Waals surface area contributed by atoms with Crippen LogP contribution in [0.2, 0.25) is 0 Å². The van der Waals surface area contributed by atoms with Gasteiger partial charge >= 0.3 is 0 Å². The van der Waals surface area contributed by atoms with E-state index in [0.717, 1.165) is 12.5 Å². The molecular weight excluding hydrogens is 301 g/mol. The minimum atomic E-state index is -0.545. The number of piperidine rings is 1. The summed E-state index contributed by atoms with van der Waals surface area (Å²) in [4.78, 5) is 14.3. The number of likely N-dealkylation sites (tertiary alicyclic amines) is 1. The van der Waals surface area contributed by atoms with E-state index in [1.807, 2.05) is 0 Å². The highest BCUT2D eigenvalue weighted by molar-refractivity contribution is 9.09. The summed E-state index contributed by atoms with van der Waals surface area (Å²) >= 11 is 3.57. The molecule has 0 spiro atoms. The average molecular weight is 316 g/mol. The van der Waals surface area contributed by atoms with E-state index < -0.39 is 5.82 Å². The standard InChI is InChI=1S/C13H15BrFNO2/c1-8-7-16(5-4-11(8)14)13(18)10-3-2-9(15)6-12(10)17/h2-3,6,8,11,17H,4-5,7H2,1H3. The molecule has 1 aromatic carbocycles. The van der Waals surface area contributed by atoms with Crippen LogP contribution >= 0.6 is 15.9 Å². The summed E-state index contributed by atoms with van der Waals surface area (Å²) in [5, 5.41) is 9.61. The molecule has 3 nitrogen and oxygen atoms in total. The van der Waals surface area contributed by atoms with Crippen LogP contribution < -0.4 is 0 Å². The van der Waals surface area contributed by atoms with Crippen molar-refractivity contribution in [1.29, 1.82) is 0 Å². The number of halogens is 2. The third-order valence-corrected chi connectivity index (χ3v) is 4.64. The van der Waals surface area contributed by atoms with Crippen molar-refractivity contribution in [2.75, 3.05) is 13.1 Å². The molecule has 0 aromatic heterocycles. The lowest BCUT2D eigenvalue weighted by molar-refractivity contribution is 0.0687. The summed E-state index contributed by atoms with van der Waals surface area (Å²) < 4.78 is 12.9. The molecule has 18 heavy (non-hydrogen) atoms. The molecule has 2 unspecified atom stereocenters. The van der Waals surface area contributed by atoms with Crippen molar-refractivity contribution in [3.63, 3.8) is 0 Å². The second-order valence-corrected chi connectivity index (χ2v) is 5.87. The Bertz CT molecular complexity index is 466. The molecule has 1 aliphatic rings. The van der Waals surface area contributed by atoms with Gasteiger partial charge in [0.15, 0.2) is 0 Å². The largest absolute Gasteiger partial charge is 0.507 e. The predicted molar refractivity (Wildman–Crippen MR) is 70.5 cm³/mol. The molecule has 98 valence electrons. The maximum Gasteiger partial charge on any atom is 0.257 e. The molecule has 2 atom stereocenters. The van der Waals surface area contributed by atoms with Gasteiger partial charge in [0.25, 0.3) is 5.91 Å². The van der Waals surface area contributed by atoms with E-state index >= 15 is 0 Å². The summed E-state index contributed by atoms with van der Waals surface area (Å²) in [6.45, 7) is 3.37. The highest BCUT2D eigenvalue weighted by Gasteiger charge is 2.28. The Labute approximate surface area is 114 Å². The minimum Gasteiger partial charge on any atom is -0.507 e. The molecule has 1 aromatic rings. The van der Waals surface area contributed by atoms with Crippen molar-refractivity contribution >= 4 is 21.8 Å². The van der Waals surface area contributed by atoms with E-state index in [2.05, 4.69) is 22.9 Å². The second-order valence-electron chi connectivity index (χ2n) is 4.69. The quantitative estimate of drug-likeness (QED) is 0.810. The number of benzene rings is 1. The van der Waals surface area contributed by atoms with Crippen LogP contribution in [0.15, 0.2) is 18.2 Å². The van der Waals surface area contributed by atoms with Crippen molar-refractivity contribution in [2.24, 2.45) is 5.92 Å². The number of hydrogen-bond donors (Lipinski definition) is 1. The first kappa shape index (κ1) is 13.3. The summed E-state index contributed by atoms with van der Waals surface area (Å²) in [5.41, 5.74) is 0.164. The van der Waals surface area contributed by atoms with Gasteiger partial charge in [-0.3, -0.25) is 4.79 Å². The lowest BCUT2D eigenvalue weighted by Crippen LogP contribution is -2.43. The normalized spacial score (nSPS) is 24.1. The predicted octanol–water partition coefficient (Wildman–Crippen LogP) is 2.78. The van der Waals surface area contributed by atoms with E-state index in [-0.39, 0.29) is 17.2 Å². The number of carbonyl (C=O) groups excluding carboxylic acids is 1. The highest BCUT2D eigenvalue weighted by Crippen LogP contribution is 2.26. The van der Waals surface area contributed by atoms with Gasteiger partial charge in [0, 0.05) is 24.0 Å². The van der Waals surface area contributed by atoms with Crippen molar-refractivity contribution in [3.8, 4) is 5.75 Å². The monoisotopic (exact) mass is 315 g/mol. The van der Waals surface area contributed by atoms with Crippen molar-refractivity contribution in [3.05, 3.63) is 29.6 Å². The molecule has 2 rings (SSSR count). The fourth-order valence-electron chi connectivity index (χ4n) is 2.16. The van der Waals surface area contributed by atoms with Gasteiger partial charge in [-0.25, -0.2) is 4.39 Å². The smallest absolute Gasteiger partial charge is 0.257 e. The molecule has 1 amide bonds. The summed E-state index contributed by atoms with van der Waals surface area (Å²) in [7, 11) is 0. The Morgan fingerprint density at radius 3 is 2.89 bits per heavy atom. The van der Waals surface area contributed by atoms with E-state index in [1.54, 1.807) is 4.90 Å². The van der Waals surface area contributed by atoms with E-state index in [1.165, 1.54) is 12.1 Å². The number of hydrogen-bond acceptors (Lipinski definition) is 2. The number of phenols is 1. The Kier molecular flexibility index (Phi) is 3.90. The van der Waals surface area contributed by atoms with Crippen LogP contribution in [0, 0.1) is 11.7 Å². The maximum atomic E-state index is 12.9. The lowest BCUT2D eigenvalue weighted by atomic mass is 9.99. The van der Waals surface area contributed by atoms with Crippen molar-refractivity contribution in [1.82, 2.24) is 4.90 Å². The minimum absolute atomic E-state index is 0.164. The fraction of sp³-hybridized carbons (Fsp3) is 0.462. The molecule has 5 heteroatoms. The van der Waals surface area contributed by atoms with Crippen LogP contribution in [0.1, 0.15) is 23.7 Å². The van der Waals surface area contributed by atoms with Gasteiger partial charge in [-0.15, -0.1) is 0 Å². The first-order valence-electron chi connectivity index (χ1n) is 5.91. The van der Waals surface area contributed by atoms with E-state index in [4.69, 9.17) is 0 Å². The van der Waals surface area contributed by atoms with Gasteiger partial charge < -0.3 is 10.0 Å². The zero-order chi connectivity index (χ0) is 13.3. The van der Waals surface area contributed by atoms with Crippen LogP contribution in [-0.4, -0.2) is 33.8 Å². The van der Waals surface area contributed by atoms with Crippen molar-refractivity contribution < 1.29 is 14.3 Å². The van der Waals surface area contributed by atoms with Crippen LogP contribution in [0.3, 0.4) is 0 Å². The first-order chi connectivity index (χ1) is 8.49. The van der Waals surface area contributed by atoms with Gasteiger partial charge in [-0.1, -0.05) is 22.9 Å². The second kappa shape index (κ2) is 5.26. The average Bonchev–Trinajstić information content (AvgIpc) is 2.32. The highest BCUT2D eigenvalue weighted by atomic mass is 79.9. The summed E-state index contributed by atoms with van der Waals surface area (Å²) in [5.74, 6) is -0.714. The third-order valence-electron chi connectivity index (χ3n) is 3.28. The SMILES string of the molecule is CC1CN(C(=O)c2ccc(F)cc2O)CCC1Br. The van der Waals surface area contributed by atoms with Gasteiger partial charge in [-0.05, 0) is 24.5 Å². The number of phenolic OH excluding ortho intramolecular Hbond substituents is 1. The molecule has 0 aliphatic carbocycles. The van der Waals surface area contributed by atoms with Gasteiger partial charge in [0.05, 0.1) is 5.56 Å². The summed E-state index contributed by atoms with van der Waals surface area (Å²) in [6.07, 6.45) is 0.884. The fourth-order valence-corrected chi connectivity index (χ4v) is 2.53. The molecule has 0 saturated carbocycles. The lowest BCUT2D eigenvalue weighted by Gasteiger charge is -2.34. The zero-order valence-corrected chi connectivity index (χ0v) is 11.7. The molecule has 1 saturated heterocycles. The molecule has 1 N–H and O–H groups in total. The topological polar surface area (TPSA) is 40.5 Å². The molecule has 1 heterocycles. The molecule has 0 bridgehead atoms. The maximum absolute atomic E-state index is 12.9. The van der Waals surface area contributed by atoms with Crippen molar-refractivity contribution in [2.45, 2.75) is 18.2 Å². The number of nitrogens with zero attached hydrogens (tertiary/aromatic N) is 1. The van der Waals surface area contributed by atoms with Gasteiger partial charge in [0.2, 0.25) is 0 Å². The third kappa shape index (κ3) is 2.66. The van der Waals surface area contributed by atoms with Crippen LogP contribution in [0.25, 0.3) is 0 Å². The Hall–Kier alpha value is -1.10. The number of aromatic hydroxyl groups is 1. The zero-order valence-electron chi connectivity index (χ0n) is 10.1. The number of rotatable bonds is 1. The van der Waals surface area contributed by atoms with E-state index in [9.17, 15) is 14.3 Å². The molecule has 0 radical (unpaired) electrons. The molecule has 1 aliphatic heterocycles.